The molecule has 18 heavy (non-hydrogen) atoms. The summed E-state index contributed by atoms with van der Waals surface area (Å²) in [4.78, 5) is 0. The van der Waals surface area contributed by atoms with Crippen LogP contribution < -0.4 is 5.32 Å². The Bertz CT molecular complexity index is 330. The fraction of sp³-hybridized carbons (Fsp3) is 0.600. The fourth-order valence-electron chi connectivity index (χ4n) is 2.05. The van der Waals surface area contributed by atoms with Crippen LogP contribution in [0.15, 0.2) is 24.3 Å². The van der Waals surface area contributed by atoms with Crippen molar-refractivity contribution < 1.29 is 4.39 Å². The number of benzene rings is 1. The fourth-order valence-corrected chi connectivity index (χ4v) is 2.54. The molecule has 0 aromatic heterocycles. The molecule has 0 aliphatic carbocycles. The van der Waals surface area contributed by atoms with Crippen molar-refractivity contribution in [2.45, 2.75) is 38.6 Å². The highest BCUT2D eigenvalue weighted by Gasteiger charge is 2.08. The molecule has 0 fully saturated rings. The summed E-state index contributed by atoms with van der Waals surface area (Å²) in [5, 5.41) is 3.52. The molecule has 1 unspecified atom stereocenters. The molecule has 3 heteroatoms. The second-order valence-corrected chi connectivity index (χ2v) is 5.51. The van der Waals surface area contributed by atoms with Crippen molar-refractivity contribution in [2.24, 2.45) is 0 Å². The average Bonchev–Trinajstić information content (AvgIpc) is 2.38. The Morgan fingerprint density at radius 1 is 1.28 bits per heavy atom. The highest BCUT2D eigenvalue weighted by Crippen LogP contribution is 2.17. The van der Waals surface area contributed by atoms with Crippen LogP contribution in [0.5, 0.6) is 0 Å². The number of rotatable bonds is 9. The van der Waals surface area contributed by atoms with Crippen molar-refractivity contribution in [2.75, 3.05) is 18.6 Å². The molecule has 0 radical (unpaired) electrons. The third-order valence-corrected chi connectivity index (χ3v) is 3.77. The van der Waals surface area contributed by atoms with E-state index in [1.807, 2.05) is 17.8 Å². The minimum atomic E-state index is -0.146. The second kappa shape index (κ2) is 9.40. The van der Waals surface area contributed by atoms with Gasteiger partial charge in [0.15, 0.2) is 0 Å². The van der Waals surface area contributed by atoms with Gasteiger partial charge < -0.3 is 5.32 Å². The van der Waals surface area contributed by atoms with Crippen LogP contribution in [0.1, 0.15) is 44.2 Å². The highest BCUT2D eigenvalue weighted by molar-refractivity contribution is 7.98. The van der Waals surface area contributed by atoms with Gasteiger partial charge in [0.1, 0.15) is 5.82 Å². The third kappa shape index (κ3) is 5.87. The monoisotopic (exact) mass is 269 g/mol. The van der Waals surface area contributed by atoms with Gasteiger partial charge in [0.05, 0.1) is 0 Å². The van der Waals surface area contributed by atoms with Crippen molar-refractivity contribution in [3.8, 4) is 0 Å². The first-order valence-corrected chi connectivity index (χ1v) is 8.15. The molecule has 1 rings (SSSR count). The molecule has 0 saturated heterocycles. The number of thioether (sulfide) groups is 1. The number of hydrogen-bond acceptors (Lipinski definition) is 2. The summed E-state index contributed by atoms with van der Waals surface area (Å²) in [6.45, 7) is 3.15. The van der Waals surface area contributed by atoms with Crippen LogP contribution in [-0.2, 0) is 0 Å². The molecule has 0 amide bonds. The largest absolute Gasteiger partial charge is 0.310 e. The molecule has 1 N–H and O–H groups in total. The van der Waals surface area contributed by atoms with Crippen LogP contribution in [0, 0.1) is 5.82 Å². The van der Waals surface area contributed by atoms with Crippen molar-refractivity contribution in [1.82, 2.24) is 5.32 Å². The van der Waals surface area contributed by atoms with Crippen LogP contribution in [0.3, 0.4) is 0 Å². The van der Waals surface area contributed by atoms with Crippen molar-refractivity contribution in [3.05, 3.63) is 35.6 Å². The Hall–Kier alpha value is -0.540. The summed E-state index contributed by atoms with van der Waals surface area (Å²) >= 11 is 1.91. The molecule has 1 aromatic rings. The first-order chi connectivity index (χ1) is 8.77. The zero-order valence-electron chi connectivity index (χ0n) is 11.4. The predicted molar refractivity (Wildman–Crippen MR) is 79.7 cm³/mol. The summed E-state index contributed by atoms with van der Waals surface area (Å²) < 4.78 is 13.2. The van der Waals surface area contributed by atoms with Crippen LogP contribution in [0.4, 0.5) is 4.39 Å². The van der Waals surface area contributed by atoms with E-state index < -0.39 is 0 Å². The zero-order valence-corrected chi connectivity index (χ0v) is 12.2. The molecule has 1 atom stereocenters. The number of nitrogens with one attached hydrogen (secondary N) is 1. The van der Waals surface area contributed by atoms with Gasteiger partial charge in [-0.05, 0) is 55.5 Å². The minimum absolute atomic E-state index is 0.146. The van der Waals surface area contributed by atoms with Gasteiger partial charge >= 0.3 is 0 Å². The van der Waals surface area contributed by atoms with E-state index in [9.17, 15) is 4.39 Å². The Morgan fingerprint density at radius 2 is 2.11 bits per heavy atom. The van der Waals surface area contributed by atoms with Gasteiger partial charge in [0.2, 0.25) is 0 Å². The smallest absolute Gasteiger partial charge is 0.123 e. The summed E-state index contributed by atoms with van der Waals surface area (Å²) in [7, 11) is 0. The van der Waals surface area contributed by atoms with E-state index in [0.29, 0.717) is 0 Å². The molecule has 102 valence electrons. The molecule has 0 saturated carbocycles. The summed E-state index contributed by atoms with van der Waals surface area (Å²) in [6, 6.07) is 7.19. The van der Waals surface area contributed by atoms with E-state index in [4.69, 9.17) is 0 Å². The Labute approximate surface area is 115 Å². The summed E-state index contributed by atoms with van der Waals surface area (Å²) in [5.41, 5.74) is 1.06. The third-order valence-electron chi connectivity index (χ3n) is 3.08. The lowest BCUT2D eigenvalue weighted by atomic mass is 10.0. The normalized spacial score (nSPS) is 12.6. The van der Waals surface area contributed by atoms with Crippen molar-refractivity contribution in [3.63, 3.8) is 0 Å². The van der Waals surface area contributed by atoms with Gasteiger partial charge in [-0.25, -0.2) is 4.39 Å². The lowest BCUT2D eigenvalue weighted by molar-refractivity contribution is 0.499. The highest BCUT2D eigenvalue weighted by atomic mass is 32.2. The maximum atomic E-state index is 13.2. The molecule has 0 aliphatic heterocycles. The number of halogens is 1. The van der Waals surface area contributed by atoms with E-state index in [0.717, 1.165) is 18.5 Å². The maximum Gasteiger partial charge on any atom is 0.123 e. The molecule has 0 spiro atoms. The molecule has 0 bridgehead atoms. The summed E-state index contributed by atoms with van der Waals surface area (Å²) in [5.74, 6) is 1.11. The van der Waals surface area contributed by atoms with Gasteiger partial charge in [-0.3, -0.25) is 0 Å². The number of hydrogen-bond donors (Lipinski definition) is 1. The molecular weight excluding hydrogens is 245 g/mol. The van der Waals surface area contributed by atoms with Crippen molar-refractivity contribution >= 4 is 11.8 Å². The van der Waals surface area contributed by atoms with Gasteiger partial charge in [0.25, 0.3) is 0 Å². The van der Waals surface area contributed by atoms with Crippen LogP contribution >= 0.6 is 11.8 Å². The molecule has 0 heterocycles. The van der Waals surface area contributed by atoms with Crippen molar-refractivity contribution in [1.29, 1.82) is 0 Å². The standard InChI is InChI=1S/C15H24FNS/c1-3-15(13-8-7-9-14(16)12-13)17-10-5-4-6-11-18-2/h7-9,12,15,17H,3-6,10-11H2,1-2H3. The van der Waals surface area contributed by atoms with E-state index in [2.05, 4.69) is 18.5 Å². The average molecular weight is 269 g/mol. The van der Waals surface area contributed by atoms with Crippen LogP contribution in [0.25, 0.3) is 0 Å². The van der Waals surface area contributed by atoms with E-state index in [1.165, 1.54) is 31.1 Å². The van der Waals surface area contributed by atoms with Gasteiger partial charge in [0, 0.05) is 6.04 Å². The first kappa shape index (κ1) is 15.5. The Morgan fingerprint density at radius 3 is 2.78 bits per heavy atom. The Balaban J connectivity index is 2.29. The molecular formula is C15H24FNS. The van der Waals surface area contributed by atoms with E-state index in [1.54, 1.807) is 12.1 Å². The van der Waals surface area contributed by atoms with Gasteiger partial charge in [-0.2, -0.15) is 11.8 Å². The molecule has 1 aromatic carbocycles. The predicted octanol–water partition coefficient (Wildman–Crippen LogP) is 4.40. The SMILES string of the molecule is CCC(NCCCCCSC)c1cccc(F)c1. The van der Waals surface area contributed by atoms with Gasteiger partial charge in [-0.15, -0.1) is 0 Å². The lowest BCUT2D eigenvalue weighted by Crippen LogP contribution is -2.22. The first-order valence-electron chi connectivity index (χ1n) is 6.75. The lowest BCUT2D eigenvalue weighted by Gasteiger charge is -2.17. The van der Waals surface area contributed by atoms with E-state index in [-0.39, 0.29) is 11.9 Å². The Kier molecular flexibility index (Phi) is 8.10. The maximum absolute atomic E-state index is 13.2. The van der Waals surface area contributed by atoms with Crippen LogP contribution in [0.2, 0.25) is 0 Å². The number of unbranched alkanes of at least 4 members (excludes halogenated alkanes) is 2. The topological polar surface area (TPSA) is 12.0 Å². The second-order valence-electron chi connectivity index (χ2n) is 4.52. The molecule has 1 nitrogen and oxygen atoms in total. The zero-order chi connectivity index (χ0) is 13.2. The molecule has 0 aliphatic rings. The quantitative estimate of drug-likeness (QED) is 0.667. The van der Waals surface area contributed by atoms with Crippen LogP contribution in [-0.4, -0.2) is 18.6 Å². The van der Waals surface area contributed by atoms with E-state index >= 15 is 0 Å². The minimum Gasteiger partial charge on any atom is -0.310 e. The van der Waals surface area contributed by atoms with Gasteiger partial charge in [-0.1, -0.05) is 25.5 Å². The summed E-state index contributed by atoms with van der Waals surface area (Å²) in [6.07, 6.45) is 6.91.